The van der Waals surface area contributed by atoms with Crippen molar-refractivity contribution < 1.29 is 35.4 Å². The van der Waals surface area contributed by atoms with Gasteiger partial charge < -0.3 is 22.8 Å². The highest BCUT2D eigenvalue weighted by atomic mass is 32.2. The van der Waals surface area contributed by atoms with E-state index in [4.69, 9.17) is 21.9 Å². The van der Waals surface area contributed by atoms with Crippen LogP contribution in [0.2, 0.25) is 22.2 Å². The van der Waals surface area contributed by atoms with Gasteiger partial charge in [0, 0.05) is 12.3 Å². The van der Waals surface area contributed by atoms with Crippen molar-refractivity contribution in [3.8, 4) is 0 Å². The summed E-state index contributed by atoms with van der Waals surface area (Å²) in [6.07, 6.45) is -2.43. The van der Waals surface area contributed by atoms with E-state index in [0.717, 1.165) is 16.2 Å². The van der Waals surface area contributed by atoms with Gasteiger partial charge in [0.1, 0.15) is 18.8 Å². The number of H-pyrrole nitrogens is 1. The molecule has 0 radical (unpaired) electrons. The van der Waals surface area contributed by atoms with Crippen LogP contribution in [0, 0.1) is 6.92 Å². The molecule has 0 unspecified atom stereocenters. The lowest BCUT2D eigenvalue weighted by Gasteiger charge is -2.52. The molecule has 1 aromatic carbocycles. The van der Waals surface area contributed by atoms with Crippen LogP contribution in [0.5, 0.6) is 0 Å². The number of rotatable bonds is 9. The Morgan fingerprint density at radius 3 is 2.07 bits per heavy atom. The molecule has 2 fully saturated rings. The Labute approximate surface area is 261 Å². The van der Waals surface area contributed by atoms with E-state index in [9.17, 15) is 23.1 Å². The van der Waals surface area contributed by atoms with Crippen molar-refractivity contribution in [1.82, 2.24) is 9.55 Å². The minimum absolute atomic E-state index is 0.0322. The van der Waals surface area contributed by atoms with Crippen molar-refractivity contribution in [3.05, 3.63) is 62.9 Å². The number of aryl methyl sites for hydroxylation is 1. The molecular formula is C29H46N2O10SSi2. The summed E-state index contributed by atoms with van der Waals surface area (Å²) in [7, 11) is -10.6. The largest absolute Gasteiger partial charge is 0.414 e. The van der Waals surface area contributed by atoms with E-state index in [1.807, 2.05) is 34.6 Å². The van der Waals surface area contributed by atoms with Gasteiger partial charge in [0.15, 0.2) is 11.8 Å². The molecule has 15 heteroatoms. The maximum Gasteiger partial charge on any atom is 0.335 e. The third kappa shape index (κ3) is 6.22. The summed E-state index contributed by atoms with van der Waals surface area (Å²) in [5.41, 5.74) is -2.96. The van der Waals surface area contributed by atoms with Crippen molar-refractivity contribution in [3.63, 3.8) is 0 Å². The Balaban J connectivity index is 1.87. The summed E-state index contributed by atoms with van der Waals surface area (Å²) in [6, 6.07) is 7.22. The quantitative estimate of drug-likeness (QED) is 0.297. The standard InChI is InChI=1S/C29H46N2O10SSi2/c1-18(2)43(19(3)4)38-16-24-26(40-44(41-43,20(5)6)21(7)8)29(34,27(39-24)31-15-14-25(32)30-28(31)33)17-37-42(35,36)23-12-10-22(9)11-13-23/h10-15,18-21,24,26-27,34H,16-17H2,1-9H3,(H,30,32,33)/t24-,26-,27-,29-/m1/s1. The van der Waals surface area contributed by atoms with Crippen molar-refractivity contribution in [2.24, 2.45) is 0 Å². The molecule has 2 N–H and O–H groups in total. The van der Waals surface area contributed by atoms with Crippen LogP contribution >= 0.6 is 0 Å². The monoisotopic (exact) mass is 670 g/mol. The highest BCUT2D eigenvalue weighted by Gasteiger charge is 2.66. The van der Waals surface area contributed by atoms with Gasteiger partial charge in [-0.25, -0.2) is 4.79 Å². The fraction of sp³-hybridized carbons (Fsp3) is 0.655. The van der Waals surface area contributed by atoms with Crippen molar-refractivity contribution >= 4 is 27.2 Å². The summed E-state index contributed by atoms with van der Waals surface area (Å²) in [5, 5.41) is 12.5. The van der Waals surface area contributed by atoms with Gasteiger partial charge in [0.2, 0.25) is 0 Å². The number of fused-ring (bicyclic) bond motifs is 1. The minimum Gasteiger partial charge on any atom is -0.414 e. The number of ether oxygens (including phenoxy) is 1. The molecule has 0 spiro atoms. The molecule has 4 atom stereocenters. The second kappa shape index (κ2) is 12.7. The Morgan fingerprint density at radius 1 is 0.977 bits per heavy atom. The normalized spacial score (nSPS) is 27.1. The number of nitrogens with zero attached hydrogens (tertiary/aromatic N) is 1. The Bertz CT molecular complexity index is 1520. The number of nitrogens with one attached hydrogen (secondary N) is 1. The maximum absolute atomic E-state index is 13.3. The smallest absolute Gasteiger partial charge is 0.335 e. The van der Waals surface area contributed by atoms with Crippen LogP contribution in [0.3, 0.4) is 0 Å². The maximum atomic E-state index is 13.3. The zero-order valence-corrected chi connectivity index (χ0v) is 29.7. The molecule has 246 valence electrons. The fourth-order valence-corrected chi connectivity index (χ4v) is 18.5. The highest BCUT2D eigenvalue weighted by molar-refractivity contribution is 7.86. The summed E-state index contributed by atoms with van der Waals surface area (Å²) in [5.74, 6) is 0. The summed E-state index contributed by atoms with van der Waals surface area (Å²) in [6.45, 7) is 17.3. The number of aromatic amines is 1. The number of aliphatic hydroxyl groups is 1. The first-order valence-corrected chi connectivity index (χ1v) is 20.4. The molecule has 0 bridgehead atoms. The predicted molar refractivity (Wildman–Crippen MR) is 168 cm³/mol. The van der Waals surface area contributed by atoms with E-state index in [0.29, 0.717) is 0 Å². The van der Waals surface area contributed by atoms with E-state index in [1.54, 1.807) is 12.1 Å². The minimum atomic E-state index is -4.34. The van der Waals surface area contributed by atoms with Crippen molar-refractivity contribution in [2.75, 3.05) is 13.2 Å². The Kier molecular flexibility index (Phi) is 10.1. The number of hydrogen-bond acceptors (Lipinski definition) is 10. The molecule has 2 aromatic rings. The van der Waals surface area contributed by atoms with Gasteiger partial charge in [-0.15, -0.1) is 0 Å². The van der Waals surface area contributed by atoms with Crippen LogP contribution in [0.4, 0.5) is 0 Å². The van der Waals surface area contributed by atoms with E-state index < -0.39 is 69.1 Å². The molecule has 0 aliphatic carbocycles. The molecule has 4 rings (SSSR count). The lowest BCUT2D eigenvalue weighted by molar-refractivity contribution is -0.128. The van der Waals surface area contributed by atoms with Gasteiger partial charge in [-0.2, -0.15) is 8.42 Å². The second-order valence-corrected chi connectivity index (χ2v) is 23.5. The summed E-state index contributed by atoms with van der Waals surface area (Å²) < 4.78 is 60.5. The third-order valence-electron chi connectivity index (χ3n) is 8.74. The zero-order valence-electron chi connectivity index (χ0n) is 26.9. The average Bonchev–Trinajstić information content (AvgIpc) is 3.17. The highest BCUT2D eigenvalue weighted by Crippen LogP contribution is 2.50. The molecule has 12 nitrogen and oxygen atoms in total. The van der Waals surface area contributed by atoms with E-state index in [1.165, 1.54) is 18.3 Å². The van der Waals surface area contributed by atoms with Gasteiger partial charge in [-0.05, 0) is 41.2 Å². The van der Waals surface area contributed by atoms with Crippen molar-refractivity contribution in [2.45, 2.75) is 113 Å². The molecule has 44 heavy (non-hydrogen) atoms. The van der Waals surface area contributed by atoms with Crippen molar-refractivity contribution in [1.29, 1.82) is 0 Å². The summed E-state index contributed by atoms with van der Waals surface area (Å²) >= 11 is 0. The Hall–Kier alpha value is -1.96. The van der Waals surface area contributed by atoms with Gasteiger partial charge in [-0.3, -0.25) is 18.5 Å². The number of benzene rings is 1. The molecule has 0 amide bonds. The molecular weight excluding hydrogens is 625 g/mol. The Morgan fingerprint density at radius 2 is 1.55 bits per heavy atom. The lowest BCUT2D eigenvalue weighted by Crippen LogP contribution is -2.67. The van der Waals surface area contributed by atoms with Crippen LogP contribution in [0.25, 0.3) is 0 Å². The predicted octanol–water partition coefficient (Wildman–Crippen LogP) is 3.84. The van der Waals surface area contributed by atoms with Crippen LogP contribution in [-0.4, -0.2) is 71.2 Å². The first-order chi connectivity index (χ1) is 20.4. The van der Waals surface area contributed by atoms with Gasteiger partial charge >= 0.3 is 22.8 Å². The first-order valence-electron chi connectivity index (χ1n) is 15.1. The van der Waals surface area contributed by atoms with Gasteiger partial charge in [0.05, 0.1) is 11.5 Å². The van der Waals surface area contributed by atoms with E-state index in [2.05, 4.69) is 32.7 Å². The van der Waals surface area contributed by atoms with Crippen LogP contribution < -0.4 is 11.2 Å². The second-order valence-electron chi connectivity index (χ2n) is 13.1. The zero-order chi connectivity index (χ0) is 32.8. The van der Waals surface area contributed by atoms with E-state index in [-0.39, 0.29) is 33.7 Å². The average molecular weight is 671 g/mol. The fourth-order valence-electron chi connectivity index (χ4n) is 6.26. The van der Waals surface area contributed by atoms with Crippen LogP contribution in [-0.2, 0) is 32.0 Å². The third-order valence-corrected chi connectivity index (χ3v) is 20.3. The number of aromatic nitrogens is 2. The van der Waals surface area contributed by atoms with Crippen LogP contribution in [0.1, 0.15) is 67.2 Å². The molecule has 2 aliphatic heterocycles. The van der Waals surface area contributed by atoms with Gasteiger partial charge in [-0.1, -0.05) is 73.1 Å². The SMILES string of the molecule is Cc1ccc(S(=O)(=O)OC[C@@]2(O)[C@@H]3O[Si](C(C)C)(C(C)C)O[Si](C(C)C)(C(C)C)OC[C@H]3O[C@H]2n2ccc(=O)[nH]c2=O)cc1. The van der Waals surface area contributed by atoms with Crippen LogP contribution in [0.15, 0.2) is 51.0 Å². The summed E-state index contributed by atoms with van der Waals surface area (Å²) in [4.78, 5) is 27.0. The molecule has 2 aliphatic rings. The molecule has 2 saturated heterocycles. The molecule has 0 saturated carbocycles. The van der Waals surface area contributed by atoms with Gasteiger partial charge in [0.25, 0.3) is 15.7 Å². The number of hydrogen-bond donors (Lipinski definition) is 2. The lowest BCUT2D eigenvalue weighted by atomic mass is 9.95. The molecule has 3 heterocycles. The first kappa shape index (κ1) is 34.9. The molecule has 1 aromatic heterocycles. The van der Waals surface area contributed by atoms with E-state index >= 15 is 0 Å². The topological polar surface area (TPSA) is 155 Å².